The zero-order valence-electron chi connectivity index (χ0n) is 22.2. The first-order chi connectivity index (χ1) is 20.0. The van der Waals surface area contributed by atoms with Crippen LogP contribution in [0.3, 0.4) is 0 Å². The number of nitrogens with two attached hydrogens (primary N) is 1. The molecule has 0 bridgehead atoms. The molecule has 0 spiro atoms. The summed E-state index contributed by atoms with van der Waals surface area (Å²) in [7, 11) is 0. The summed E-state index contributed by atoms with van der Waals surface area (Å²) in [6.45, 7) is 4.29. The second-order valence-corrected chi connectivity index (χ2v) is 9.51. The number of hydrogen-bond acceptors (Lipinski definition) is 11. The summed E-state index contributed by atoms with van der Waals surface area (Å²) in [6, 6.07) is 12.4. The lowest BCUT2D eigenvalue weighted by Crippen LogP contribution is -2.47. The Kier molecular flexibility index (Phi) is 7.19. The number of benzene rings is 1. The van der Waals surface area contributed by atoms with Gasteiger partial charge < -0.3 is 30.7 Å². The number of carbonyl (C=O) groups is 1. The maximum atomic E-state index is 12.4. The van der Waals surface area contributed by atoms with E-state index >= 15 is 0 Å². The van der Waals surface area contributed by atoms with E-state index in [1.807, 2.05) is 18.2 Å². The molecular formula is C28H28N10O3. The molecule has 0 saturated carbocycles. The number of amides is 1. The number of nitrogens with one attached hydrogen (secondary N) is 1. The highest BCUT2D eigenvalue weighted by Gasteiger charge is 2.22. The van der Waals surface area contributed by atoms with Gasteiger partial charge in [-0.2, -0.15) is 5.10 Å². The smallest absolute Gasteiger partial charge is 0.272 e. The number of anilines is 3. The monoisotopic (exact) mass is 552 g/mol. The molecule has 0 aliphatic carbocycles. The van der Waals surface area contributed by atoms with Gasteiger partial charge in [-0.15, -0.1) is 10.2 Å². The number of nitrogen functional groups attached to an aromatic ring is 1. The summed E-state index contributed by atoms with van der Waals surface area (Å²) >= 11 is 0. The van der Waals surface area contributed by atoms with Gasteiger partial charge in [-0.1, -0.05) is 18.1 Å². The summed E-state index contributed by atoms with van der Waals surface area (Å²) in [4.78, 5) is 25.6. The van der Waals surface area contributed by atoms with Crippen molar-refractivity contribution in [3.05, 3.63) is 60.2 Å². The first-order valence-electron chi connectivity index (χ1n) is 13.3. The number of aromatic hydroxyl groups is 1. The van der Waals surface area contributed by atoms with Gasteiger partial charge in [0, 0.05) is 57.0 Å². The number of nitrogens with zero attached hydrogens (tertiary/aromatic N) is 8. The highest BCUT2D eigenvalue weighted by atomic mass is 16.5. The van der Waals surface area contributed by atoms with Crippen LogP contribution in [0.15, 0.2) is 48.7 Å². The fraction of sp³-hybridized carbons (Fsp3) is 0.286. The van der Waals surface area contributed by atoms with Gasteiger partial charge in [0.1, 0.15) is 11.6 Å². The van der Waals surface area contributed by atoms with Gasteiger partial charge in [-0.25, -0.2) is 14.6 Å². The number of aryl methyl sites for hydroxylation is 1. The molecule has 1 saturated heterocycles. The van der Waals surface area contributed by atoms with Crippen molar-refractivity contribution in [1.29, 1.82) is 0 Å². The maximum Gasteiger partial charge on any atom is 0.272 e. The Balaban J connectivity index is 1.06. The molecule has 4 N–H and O–H groups in total. The molecule has 1 amide bonds. The average molecular weight is 553 g/mol. The molecule has 0 atom stereocenters. The molecule has 2 aliphatic rings. The molecule has 1 aromatic carbocycles. The zero-order chi connectivity index (χ0) is 28.2. The largest absolute Gasteiger partial charge is 0.507 e. The lowest BCUT2D eigenvalue weighted by Gasteiger charge is -2.36. The van der Waals surface area contributed by atoms with Gasteiger partial charge in [0.25, 0.3) is 5.91 Å². The number of ether oxygens (including phenoxy) is 1. The minimum absolute atomic E-state index is 0.137. The second-order valence-electron chi connectivity index (χ2n) is 9.51. The summed E-state index contributed by atoms with van der Waals surface area (Å²) in [5, 5.41) is 25.5. The quantitative estimate of drug-likeness (QED) is 0.306. The third-order valence-electron chi connectivity index (χ3n) is 6.84. The van der Waals surface area contributed by atoms with Gasteiger partial charge in [0.2, 0.25) is 11.7 Å². The normalized spacial score (nSPS) is 14.4. The summed E-state index contributed by atoms with van der Waals surface area (Å²) < 4.78 is 7.20. The van der Waals surface area contributed by atoms with E-state index in [9.17, 15) is 9.90 Å². The molecule has 1 fully saturated rings. The van der Waals surface area contributed by atoms with Crippen LogP contribution in [0.2, 0.25) is 0 Å². The number of fused-ring (bicyclic) bond motifs is 1. The van der Waals surface area contributed by atoms with Crippen molar-refractivity contribution in [2.24, 2.45) is 0 Å². The standard InChI is InChI=1S/C28H28N10O3/c29-27-22(17-20(33-34-27)19-5-1-2-6-23(19)39)36-12-14-37(15-13-36)25-8-10-30-24(32-25)7-3-9-31-28(40)21-18-26-38(35-21)11-4-16-41-26/h1-2,5-6,8,10,17-18,39H,4,9,11-16H2,(H2,29,34)(H,31,40). The van der Waals surface area contributed by atoms with Crippen molar-refractivity contribution in [1.82, 2.24) is 35.3 Å². The predicted octanol–water partition coefficient (Wildman–Crippen LogP) is 1.31. The van der Waals surface area contributed by atoms with E-state index in [0.29, 0.717) is 67.3 Å². The molecule has 13 heteroatoms. The first kappa shape index (κ1) is 25.9. The average Bonchev–Trinajstić information content (AvgIpc) is 3.45. The Morgan fingerprint density at radius 2 is 1.90 bits per heavy atom. The van der Waals surface area contributed by atoms with Crippen molar-refractivity contribution >= 4 is 23.2 Å². The van der Waals surface area contributed by atoms with Gasteiger partial charge in [0.05, 0.1) is 24.5 Å². The molecule has 0 radical (unpaired) electrons. The van der Waals surface area contributed by atoms with Crippen molar-refractivity contribution in [3.8, 4) is 34.7 Å². The Bertz CT molecular complexity index is 1610. The number of phenolic OH excluding ortho intramolecular Hbond substituents is 1. The second kappa shape index (κ2) is 11.4. The van der Waals surface area contributed by atoms with Crippen LogP contribution in [0, 0.1) is 11.8 Å². The Hall–Kier alpha value is -5.38. The van der Waals surface area contributed by atoms with E-state index in [1.54, 1.807) is 35.1 Å². The first-order valence-corrected chi connectivity index (χ1v) is 13.3. The van der Waals surface area contributed by atoms with Crippen LogP contribution in [0.25, 0.3) is 11.3 Å². The van der Waals surface area contributed by atoms with Crippen LogP contribution < -0.4 is 25.6 Å². The predicted molar refractivity (Wildman–Crippen MR) is 152 cm³/mol. The van der Waals surface area contributed by atoms with Crippen molar-refractivity contribution < 1.29 is 14.6 Å². The van der Waals surface area contributed by atoms with Gasteiger partial charge in [-0.05, 0) is 30.2 Å². The highest BCUT2D eigenvalue weighted by molar-refractivity contribution is 5.92. The van der Waals surface area contributed by atoms with E-state index in [1.165, 1.54) is 0 Å². The zero-order valence-corrected chi connectivity index (χ0v) is 22.2. The van der Waals surface area contributed by atoms with Crippen LogP contribution in [0.5, 0.6) is 11.6 Å². The van der Waals surface area contributed by atoms with Crippen molar-refractivity contribution in [2.75, 3.05) is 54.9 Å². The molecule has 41 heavy (non-hydrogen) atoms. The number of hydrogen-bond donors (Lipinski definition) is 3. The Morgan fingerprint density at radius 3 is 2.73 bits per heavy atom. The molecule has 6 rings (SSSR count). The third kappa shape index (κ3) is 5.67. The number of piperazine rings is 1. The van der Waals surface area contributed by atoms with Crippen LogP contribution >= 0.6 is 0 Å². The van der Waals surface area contributed by atoms with E-state index in [0.717, 1.165) is 24.5 Å². The number of aromatic nitrogens is 6. The SMILES string of the molecule is Nc1nnc(-c2ccccc2O)cc1N1CCN(c2ccnc(C#CCNC(=O)c3cc4n(n3)CCCO4)n2)CC1. The van der Waals surface area contributed by atoms with Crippen molar-refractivity contribution in [3.63, 3.8) is 0 Å². The number of rotatable bonds is 5. The topological polar surface area (TPSA) is 160 Å². The fourth-order valence-corrected chi connectivity index (χ4v) is 4.74. The Morgan fingerprint density at radius 1 is 1.07 bits per heavy atom. The van der Waals surface area contributed by atoms with E-state index in [2.05, 4.69) is 52.2 Å². The number of para-hydroxylation sites is 1. The Labute approximate surface area is 236 Å². The summed E-state index contributed by atoms with van der Waals surface area (Å²) in [6.07, 6.45) is 2.55. The van der Waals surface area contributed by atoms with Crippen LogP contribution in [0.4, 0.5) is 17.3 Å². The lowest BCUT2D eigenvalue weighted by atomic mass is 10.1. The van der Waals surface area contributed by atoms with Crippen LogP contribution in [-0.2, 0) is 6.54 Å². The molecule has 3 aromatic heterocycles. The molecule has 4 aromatic rings. The molecule has 208 valence electrons. The molecule has 2 aliphatic heterocycles. The maximum absolute atomic E-state index is 12.4. The minimum Gasteiger partial charge on any atom is -0.507 e. The van der Waals surface area contributed by atoms with E-state index < -0.39 is 0 Å². The lowest BCUT2D eigenvalue weighted by molar-refractivity contribution is 0.0952. The summed E-state index contributed by atoms with van der Waals surface area (Å²) in [5.41, 5.74) is 8.41. The number of phenols is 1. The van der Waals surface area contributed by atoms with E-state index in [4.69, 9.17) is 10.5 Å². The molecule has 13 nitrogen and oxygen atoms in total. The highest BCUT2D eigenvalue weighted by Crippen LogP contribution is 2.32. The van der Waals surface area contributed by atoms with Gasteiger partial charge >= 0.3 is 0 Å². The molecular weight excluding hydrogens is 524 g/mol. The van der Waals surface area contributed by atoms with Gasteiger partial charge in [-0.3, -0.25) is 4.79 Å². The molecule has 5 heterocycles. The van der Waals surface area contributed by atoms with Gasteiger partial charge in [0.15, 0.2) is 11.5 Å². The third-order valence-corrected chi connectivity index (χ3v) is 6.84. The minimum atomic E-state index is -0.310. The van der Waals surface area contributed by atoms with Crippen molar-refractivity contribution in [2.45, 2.75) is 13.0 Å². The fourth-order valence-electron chi connectivity index (χ4n) is 4.74. The summed E-state index contributed by atoms with van der Waals surface area (Å²) in [5.74, 6) is 7.75. The van der Waals surface area contributed by atoms with E-state index in [-0.39, 0.29) is 18.2 Å². The number of carbonyl (C=O) groups excluding carboxylic acids is 1. The van der Waals surface area contributed by atoms with Crippen LogP contribution in [0.1, 0.15) is 22.7 Å². The van der Waals surface area contributed by atoms with Crippen LogP contribution in [-0.4, -0.2) is 80.3 Å². The molecule has 0 unspecified atom stereocenters.